The molecule has 128 valence electrons. The molecule has 1 aromatic carbocycles. The van der Waals surface area contributed by atoms with Crippen LogP contribution in [0.3, 0.4) is 0 Å². The van der Waals surface area contributed by atoms with Crippen LogP contribution in [0.5, 0.6) is 0 Å². The zero-order chi connectivity index (χ0) is 17.2. The minimum Gasteiger partial charge on any atom is -0.444 e. The van der Waals surface area contributed by atoms with Gasteiger partial charge in [0, 0.05) is 42.0 Å². The molecule has 0 unspecified atom stereocenters. The van der Waals surface area contributed by atoms with Crippen LogP contribution in [-0.2, 0) is 11.3 Å². The highest BCUT2D eigenvalue weighted by molar-refractivity contribution is 14.1. The number of ether oxygens (including phenoxy) is 1. The Morgan fingerprint density at radius 2 is 1.87 bits per heavy atom. The predicted molar refractivity (Wildman–Crippen MR) is 102 cm³/mol. The van der Waals surface area contributed by atoms with Gasteiger partial charge in [-0.25, -0.2) is 4.79 Å². The molecule has 6 heteroatoms. The van der Waals surface area contributed by atoms with Gasteiger partial charge in [0.05, 0.1) is 0 Å². The van der Waals surface area contributed by atoms with Crippen molar-refractivity contribution < 1.29 is 9.53 Å². The van der Waals surface area contributed by atoms with E-state index in [-0.39, 0.29) is 6.09 Å². The number of carbonyl (C=O) groups excluding carboxylic acids is 1. The first kappa shape index (κ1) is 18.3. The molecule has 1 aliphatic heterocycles. The number of anilines is 1. The van der Waals surface area contributed by atoms with Crippen molar-refractivity contribution in [2.75, 3.05) is 31.1 Å². The lowest BCUT2D eigenvalue weighted by atomic mass is 10.1. The van der Waals surface area contributed by atoms with Gasteiger partial charge >= 0.3 is 6.09 Å². The van der Waals surface area contributed by atoms with Gasteiger partial charge in [0.2, 0.25) is 0 Å². The SMILES string of the molecule is Cc1c(I)cc(CN)cc1N1CCN(C(=O)OC(C)(C)C)CC1. The van der Waals surface area contributed by atoms with Crippen LogP contribution < -0.4 is 10.6 Å². The number of nitrogens with zero attached hydrogens (tertiary/aromatic N) is 2. The first-order chi connectivity index (χ1) is 10.7. The molecule has 0 atom stereocenters. The molecule has 1 amide bonds. The van der Waals surface area contributed by atoms with E-state index in [0.29, 0.717) is 19.6 Å². The molecule has 0 spiro atoms. The van der Waals surface area contributed by atoms with Gasteiger partial charge in [-0.2, -0.15) is 0 Å². The summed E-state index contributed by atoms with van der Waals surface area (Å²) in [6.45, 7) is 11.3. The number of hydrogen-bond acceptors (Lipinski definition) is 4. The third-order valence-electron chi connectivity index (χ3n) is 3.88. The molecule has 1 aliphatic rings. The minimum absolute atomic E-state index is 0.223. The van der Waals surface area contributed by atoms with Crippen molar-refractivity contribution in [1.82, 2.24) is 4.90 Å². The van der Waals surface area contributed by atoms with Crippen LogP contribution >= 0.6 is 22.6 Å². The van der Waals surface area contributed by atoms with Crippen LogP contribution in [-0.4, -0.2) is 42.8 Å². The fourth-order valence-corrected chi connectivity index (χ4v) is 3.30. The van der Waals surface area contributed by atoms with Crippen molar-refractivity contribution >= 4 is 34.4 Å². The van der Waals surface area contributed by atoms with E-state index in [4.69, 9.17) is 10.5 Å². The summed E-state index contributed by atoms with van der Waals surface area (Å²) in [6, 6.07) is 4.30. The van der Waals surface area contributed by atoms with Crippen LogP contribution in [0.1, 0.15) is 31.9 Å². The summed E-state index contributed by atoms with van der Waals surface area (Å²) in [7, 11) is 0. The summed E-state index contributed by atoms with van der Waals surface area (Å²) in [6.07, 6.45) is -0.223. The van der Waals surface area contributed by atoms with Crippen LogP contribution in [0.4, 0.5) is 10.5 Å². The van der Waals surface area contributed by atoms with Gasteiger partial charge < -0.3 is 20.3 Å². The van der Waals surface area contributed by atoms with E-state index in [1.54, 1.807) is 4.90 Å². The van der Waals surface area contributed by atoms with Crippen molar-refractivity contribution in [1.29, 1.82) is 0 Å². The first-order valence-electron chi connectivity index (χ1n) is 7.93. The Labute approximate surface area is 152 Å². The summed E-state index contributed by atoms with van der Waals surface area (Å²) in [5, 5.41) is 0. The van der Waals surface area contributed by atoms with Crippen LogP contribution in [0.25, 0.3) is 0 Å². The molecular formula is C17H26IN3O2. The van der Waals surface area contributed by atoms with E-state index < -0.39 is 5.60 Å². The fraction of sp³-hybridized carbons (Fsp3) is 0.588. The zero-order valence-electron chi connectivity index (χ0n) is 14.4. The second kappa shape index (κ2) is 7.25. The molecule has 2 rings (SSSR count). The Kier molecular flexibility index (Phi) is 5.78. The van der Waals surface area contributed by atoms with E-state index >= 15 is 0 Å². The molecule has 0 radical (unpaired) electrons. The highest BCUT2D eigenvalue weighted by Crippen LogP contribution is 2.27. The van der Waals surface area contributed by atoms with Crippen LogP contribution in [0.2, 0.25) is 0 Å². The molecule has 0 bridgehead atoms. The largest absolute Gasteiger partial charge is 0.444 e. The van der Waals surface area contributed by atoms with Gasteiger partial charge in [-0.3, -0.25) is 0 Å². The van der Waals surface area contributed by atoms with Crippen molar-refractivity contribution in [2.24, 2.45) is 5.73 Å². The number of carbonyl (C=O) groups is 1. The molecule has 0 aliphatic carbocycles. The average Bonchev–Trinajstić information content (AvgIpc) is 2.48. The maximum absolute atomic E-state index is 12.1. The quantitative estimate of drug-likeness (QED) is 0.732. The summed E-state index contributed by atoms with van der Waals surface area (Å²) in [4.78, 5) is 16.3. The number of hydrogen-bond donors (Lipinski definition) is 1. The Bertz CT molecular complexity index is 576. The molecule has 1 aromatic rings. The molecule has 23 heavy (non-hydrogen) atoms. The molecular weight excluding hydrogens is 405 g/mol. The van der Waals surface area contributed by atoms with Gasteiger partial charge in [-0.15, -0.1) is 0 Å². The maximum Gasteiger partial charge on any atom is 0.410 e. The highest BCUT2D eigenvalue weighted by atomic mass is 127. The van der Waals surface area contributed by atoms with E-state index in [2.05, 4.69) is 46.5 Å². The lowest BCUT2D eigenvalue weighted by molar-refractivity contribution is 0.0240. The zero-order valence-corrected chi connectivity index (χ0v) is 16.5. The second-order valence-corrected chi connectivity index (χ2v) is 8.04. The lowest BCUT2D eigenvalue weighted by Crippen LogP contribution is -2.50. The number of benzene rings is 1. The smallest absolute Gasteiger partial charge is 0.410 e. The number of halogens is 1. The van der Waals surface area contributed by atoms with Crippen molar-refractivity contribution in [3.05, 3.63) is 26.8 Å². The monoisotopic (exact) mass is 431 g/mol. The minimum atomic E-state index is -0.448. The van der Waals surface area contributed by atoms with Crippen LogP contribution in [0, 0.1) is 10.5 Å². The number of piperazine rings is 1. The van der Waals surface area contributed by atoms with E-state index in [1.807, 2.05) is 20.8 Å². The summed E-state index contributed by atoms with van der Waals surface area (Å²) in [5.74, 6) is 0. The van der Waals surface area contributed by atoms with E-state index in [0.717, 1.165) is 18.7 Å². The third-order valence-corrected chi connectivity index (χ3v) is 5.00. The first-order valence-corrected chi connectivity index (χ1v) is 9.01. The Balaban J connectivity index is 2.05. The van der Waals surface area contributed by atoms with Gasteiger partial charge in [-0.1, -0.05) is 0 Å². The molecule has 0 saturated carbocycles. The predicted octanol–water partition coefficient (Wildman–Crippen LogP) is 3.12. The Hall–Kier alpha value is -1.02. The molecule has 5 nitrogen and oxygen atoms in total. The summed E-state index contributed by atoms with van der Waals surface area (Å²) >= 11 is 2.36. The lowest BCUT2D eigenvalue weighted by Gasteiger charge is -2.37. The maximum atomic E-state index is 12.1. The van der Waals surface area contributed by atoms with E-state index in [9.17, 15) is 4.79 Å². The third kappa shape index (κ3) is 4.73. The number of amides is 1. The van der Waals surface area contributed by atoms with Crippen molar-refractivity contribution in [3.63, 3.8) is 0 Å². The Morgan fingerprint density at radius 3 is 2.39 bits per heavy atom. The Morgan fingerprint density at radius 1 is 1.26 bits per heavy atom. The van der Waals surface area contributed by atoms with Gasteiger partial charge in [0.15, 0.2) is 0 Å². The van der Waals surface area contributed by atoms with Gasteiger partial charge in [-0.05, 0) is 73.5 Å². The fourth-order valence-electron chi connectivity index (χ4n) is 2.62. The molecule has 0 aromatic heterocycles. The van der Waals surface area contributed by atoms with Crippen molar-refractivity contribution in [3.8, 4) is 0 Å². The molecule has 2 N–H and O–H groups in total. The summed E-state index contributed by atoms with van der Waals surface area (Å²) < 4.78 is 6.68. The standard InChI is InChI=1S/C17H26IN3O2/c1-12-14(18)9-13(11-19)10-15(12)20-5-7-21(8-6-20)16(22)23-17(2,3)4/h9-10H,5-8,11,19H2,1-4H3. The average molecular weight is 431 g/mol. The normalized spacial score (nSPS) is 15.7. The van der Waals surface area contributed by atoms with Crippen molar-refractivity contribution in [2.45, 2.75) is 39.8 Å². The molecule has 1 heterocycles. The molecule has 1 saturated heterocycles. The molecule has 1 fully saturated rings. The van der Waals surface area contributed by atoms with Crippen LogP contribution in [0.15, 0.2) is 12.1 Å². The highest BCUT2D eigenvalue weighted by Gasteiger charge is 2.26. The van der Waals surface area contributed by atoms with E-state index in [1.165, 1.54) is 14.8 Å². The van der Waals surface area contributed by atoms with Gasteiger partial charge in [0.25, 0.3) is 0 Å². The number of rotatable bonds is 2. The summed E-state index contributed by atoms with van der Waals surface area (Å²) in [5.41, 5.74) is 8.99. The number of nitrogens with two attached hydrogens (primary N) is 1. The van der Waals surface area contributed by atoms with Gasteiger partial charge in [0.1, 0.15) is 5.60 Å². The second-order valence-electron chi connectivity index (χ2n) is 6.88. The topological polar surface area (TPSA) is 58.8 Å².